The Morgan fingerprint density at radius 3 is 1.67 bits per heavy atom. The normalized spacial score (nSPS) is 22.3. The van der Waals surface area contributed by atoms with Gasteiger partial charge in [-0.05, 0) is 16.7 Å². The van der Waals surface area contributed by atoms with Gasteiger partial charge in [0.15, 0.2) is 5.60 Å². The van der Waals surface area contributed by atoms with E-state index in [0.29, 0.717) is 0 Å². The van der Waals surface area contributed by atoms with Gasteiger partial charge in [0.25, 0.3) is 0 Å². The standard InChI is InChI=1S/C20H16O3S/c21-24-22-19(16-10-4-1-5-11-16)20(23-24,17-12-6-2-7-13-17)18-14-8-3-9-15-18/h1-15,19H. The van der Waals surface area contributed by atoms with Crippen LogP contribution in [0.3, 0.4) is 0 Å². The highest BCUT2D eigenvalue weighted by Crippen LogP contribution is 2.51. The fraction of sp³-hybridized carbons (Fsp3) is 0.100. The van der Waals surface area contributed by atoms with E-state index in [9.17, 15) is 4.21 Å². The fourth-order valence-corrected chi connectivity index (χ4v) is 4.11. The summed E-state index contributed by atoms with van der Waals surface area (Å²) in [6.07, 6.45) is -0.496. The van der Waals surface area contributed by atoms with Gasteiger partial charge in [0, 0.05) is 0 Å². The van der Waals surface area contributed by atoms with Crippen molar-refractivity contribution in [1.82, 2.24) is 0 Å². The number of hydrogen-bond acceptors (Lipinski definition) is 3. The molecule has 24 heavy (non-hydrogen) atoms. The predicted octanol–water partition coefficient (Wildman–Crippen LogP) is 4.30. The molecule has 2 atom stereocenters. The zero-order valence-electron chi connectivity index (χ0n) is 12.9. The zero-order valence-corrected chi connectivity index (χ0v) is 13.7. The van der Waals surface area contributed by atoms with Crippen molar-refractivity contribution in [3.8, 4) is 0 Å². The molecule has 0 aromatic heterocycles. The summed E-state index contributed by atoms with van der Waals surface area (Å²) in [5, 5.41) is 0. The molecule has 1 aliphatic heterocycles. The van der Waals surface area contributed by atoms with Crippen LogP contribution in [0, 0.1) is 0 Å². The van der Waals surface area contributed by atoms with Gasteiger partial charge >= 0.3 is 11.4 Å². The molecule has 1 aliphatic rings. The highest BCUT2D eigenvalue weighted by molar-refractivity contribution is 7.75. The average Bonchev–Trinajstić information content (AvgIpc) is 3.02. The smallest absolute Gasteiger partial charge is 0.256 e. The lowest BCUT2D eigenvalue weighted by Crippen LogP contribution is -2.33. The van der Waals surface area contributed by atoms with E-state index in [4.69, 9.17) is 8.37 Å². The first-order chi connectivity index (χ1) is 11.8. The van der Waals surface area contributed by atoms with Crippen LogP contribution in [-0.4, -0.2) is 4.21 Å². The van der Waals surface area contributed by atoms with E-state index in [-0.39, 0.29) is 0 Å². The Kier molecular flexibility index (Phi) is 4.02. The topological polar surface area (TPSA) is 35.5 Å². The van der Waals surface area contributed by atoms with Gasteiger partial charge in [0.05, 0.1) is 0 Å². The summed E-state index contributed by atoms with van der Waals surface area (Å²) in [4.78, 5) is 0. The van der Waals surface area contributed by atoms with Crippen molar-refractivity contribution < 1.29 is 12.6 Å². The molecule has 1 heterocycles. The van der Waals surface area contributed by atoms with Gasteiger partial charge in [0.1, 0.15) is 6.10 Å². The van der Waals surface area contributed by atoms with Gasteiger partial charge < -0.3 is 0 Å². The maximum Gasteiger partial charge on any atom is 0.306 e. The first kappa shape index (κ1) is 15.3. The molecule has 0 aliphatic carbocycles. The Morgan fingerprint density at radius 2 is 1.17 bits per heavy atom. The molecule has 0 saturated carbocycles. The second-order valence-corrected chi connectivity index (χ2v) is 6.41. The lowest BCUT2D eigenvalue weighted by Gasteiger charge is -2.32. The average molecular weight is 336 g/mol. The quantitative estimate of drug-likeness (QED) is 0.715. The minimum absolute atomic E-state index is 0.496. The fourth-order valence-electron chi connectivity index (χ4n) is 3.17. The van der Waals surface area contributed by atoms with Crippen molar-refractivity contribution in [1.29, 1.82) is 0 Å². The van der Waals surface area contributed by atoms with Gasteiger partial charge in [-0.1, -0.05) is 91.0 Å². The summed E-state index contributed by atoms with van der Waals surface area (Å²) in [5.74, 6) is 0. The van der Waals surface area contributed by atoms with E-state index < -0.39 is 23.1 Å². The maximum absolute atomic E-state index is 12.3. The van der Waals surface area contributed by atoms with Gasteiger partial charge in [-0.2, -0.15) is 4.21 Å². The lowest BCUT2D eigenvalue weighted by atomic mass is 9.79. The highest BCUT2D eigenvalue weighted by Gasteiger charge is 2.53. The van der Waals surface area contributed by atoms with Crippen molar-refractivity contribution in [2.24, 2.45) is 0 Å². The summed E-state index contributed by atoms with van der Waals surface area (Å²) >= 11 is -1.82. The predicted molar refractivity (Wildman–Crippen MR) is 93.2 cm³/mol. The largest absolute Gasteiger partial charge is 0.306 e. The molecule has 0 amide bonds. The Morgan fingerprint density at radius 1 is 0.708 bits per heavy atom. The Bertz CT molecular complexity index is 795. The molecule has 4 rings (SSSR count). The van der Waals surface area contributed by atoms with Gasteiger partial charge in [-0.25, -0.2) is 4.18 Å². The van der Waals surface area contributed by atoms with Gasteiger partial charge in [-0.3, -0.25) is 4.18 Å². The highest BCUT2D eigenvalue weighted by atomic mass is 32.2. The van der Waals surface area contributed by atoms with Crippen LogP contribution in [0.15, 0.2) is 91.0 Å². The van der Waals surface area contributed by atoms with Crippen molar-refractivity contribution >= 4 is 11.4 Å². The summed E-state index contributed by atoms with van der Waals surface area (Å²) in [5.41, 5.74) is 1.80. The minimum Gasteiger partial charge on any atom is -0.256 e. The van der Waals surface area contributed by atoms with Crippen molar-refractivity contribution in [3.63, 3.8) is 0 Å². The molecular weight excluding hydrogens is 320 g/mol. The van der Waals surface area contributed by atoms with Crippen molar-refractivity contribution in [3.05, 3.63) is 108 Å². The van der Waals surface area contributed by atoms with E-state index in [1.54, 1.807) is 0 Å². The molecule has 2 unspecified atom stereocenters. The molecule has 0 N–H and O–H groups in total. The number of benzene rings is 3. The van der Waals surface area contributed by atoms with Crippen LogP contribution in [0.2, 0.25) is 0 Å². The van der Waals surface area contributed by atoms with Crippen LogP contribution in [0.4, 0.5) is 0 Å². The Hall–Kier alpha value is -2.27. The lowest BCUT2D eigenvalue weighted by molar-refractivity contribution is 0.0737. The summed E-state index contributed by atoms with van der Waals surface area (Å²) in [6, 6.07) is 29.4. The third-order valence-electron chi connectivity index (χ3n) is 4.25. The number of rotatable bonds is 3. The molecule has 3 aromatic rings. The monoisotopic (exact) mass is 336 g/mol. The minimum atomic E-state index is -1.82. The molecule has 3 nitrogen and oxygen atoms in total. The summed E-state index contributed by atoms with van der Waals surface area (Å²) < 4.78 is 23.9. The molecule has 0 bridgehead atoms. The van der Waals surface area contributed by atoms with E-state index in [2.05, 4.69) is 0 Å². The van der Waals surface area contributed by atoms with E-state index in [0.717, 1.165) is 16.7 Å². The van der Waals surface area contributed by atoms with Crippen LogP contribution >= 0.6 is 0 Å². The molecule has 4 heteroatoms. The summed E-state index contributed by atoms with van der Waals surface area (Å²) in [6.45, 7) is 0. The Balaban J connectivity index is 1.97. The van der Waals surface area contributed by atoms with Crippen LogP contribution in [-0.2, 0) is 25.3 Å². The Labute approximate surface area is 143 Å². The van der Waals surface area contributed by atoms with Gasteiger partial charge in [0.2, 0.25) is 0 Å². The van der Waals surface area contributed by atoms with Crippen molar-refractivity contribution in [2.45, 2.75) is 11.7 Å². The van der Waals surface area contributed by atoms with Crippen LogP contribution in [0.1, 0.15) is 22.8 Å². The second-order valence-electron chi connectivity index (χ2n) is 5.64. The van der Waals surface area contributed by atoms with Gasteiger partial charge in [-0.15, -0.1) is 0 Å². The molecule has 0 spiro atoms. The van der Waals surface area contributed by atoms with E-state index in [1.165, 1.54) is 0 Å². The molecule has 120 valence electrons. The second kappa shape index (κ2) is 6.32. The van der Waals surface area contributed by atoms with E-state index >= 15 is 0 Å². The first-order valence-corrected chi connectivity index (χ1v) is 8.75. The SMILES string of the molecule is O=S1OC(c2ccccc2)C(c2ccccc2)(c2ccccc2)O1. The van der Waals surface area contributed by atoms with E-state index in [1.807, 2.05) is 91.0 Å². The van der Waals surface area contributed by atoms with Crippen LogP contribution in [0.5, 0.6) is 0 Å². The summed E-state index contributed by atoms with van der Waals surface area (Å²) in [7, 11) is 0. The van der Waals surface area contributed by atoms with Crippen LogP contribution in [0.25, 0.3) is 0 Å². The first-order valence-electron chi connectivity index (χ1n) is 7.75. The maximum atomic E-state index is 12.3. The third-order valence-corrected chi connectivity index (χ3v) is 5.00. The third kappa shape index (κ3) is 2.49. The molecular formula is C20H16O3S. The molecule has 1 saturated heterocycles. The van der Waals surface area contributed by atoms with Crippen molar-refractivity contribution in [2.75, 3.05) is 0 Å². The molecule has 3 aromatic carbocycles. The number of hydrogen-bond donors (Lipinski definition) is 0. The van der Waals surface area contributed by atoms with Crippen LogP contribution < -0.4 is 0 Å². The molecule has 0 radical (unpaired) electrons. The molecule has 1 fully saturated rings. The zero-order chi connectivity index (χ0) is 16.4.